The number of nitrogens with zero attached hydrogens (tertiary/aromatic N) is 3. The van der Waals surface area contributed by atoms with Crippen molar-refractivity contribution in [3.63, 3.8) is 0 Å². The molecular weight excluding hydrogens is 511 g/mol. The van der Waals surface area contributed by atoms with Crippen molar-refractivity contribution in [1.82, 2.24) is 20.0 Å². The predicted octanol–water partition coefficient (Wildman–Crippen LogP) is 4.23. The Kier molecular flexibility index (Phi) is 8.69. The number of rotatable bonds is 7. The van der Waals surface area contributed by atoms with Gasteiger partial charge in [0.2, 0.25) is 0 Å². The van der Waals surface area contributed by atoms with E-state index in [1.807, 2.05) is 18.7 Å². The van der Waals surface area contributed by atoms with Gasteiger partial charge in [-0.3, -0.25) is 14.6 Å². The number of piperazine rings is 1. The Labute approximate surface area is 227 Å². The van der Waals surface area contributed by atoms with E-state index in [1.165, 1.54) is 17.0 Å². The number of carbonyl (C=O) groups excluding carboxylic acids is 3. The second-order valence-corrected chi connectivity index (χ2v) is 9.79. The Balaban J connectivity index is 1.62. The number of urea groups is 1. The van der Waals surface area contributed by atoms with Gasteiger partial charge in [0.05, 0.1) is 18.2 Å². The van der Waals surface area contributed by atoms with Gasteiger partial charge in [-0.25, -0.2) is 14.0 Å². The summed E-state index contributed by atoms with van der Waals surface area (Å²) in [6, 6.07) is 11.3. The van der Waals surface area contributed by atoms with E-state index in [9.17, 15) is 18.8 Å². The maximum atomic E-state index is 14.1. The highest BCUT2D eigenvalue weighted by atomic mass is 35.5. The zero-order valence-electron chi connectivity index (χ0n) is 21.7. The van der Waals surface area contributed by atoms with Crippen molar-refractivity contribution < 1.29 is 23.5 Å². The minimum Gasteiger partial charge on any atom is -0.463 e. The van der Waals surface area contributed by atoms with Crippen LogP contribution in [-0.2, 0) is 9.53 Å². The Morgan fingerprint density at radius 2 is 1.87 bits per heavy atom. The number of likely N-dealkylation sites (N-methyl/N-ethyl adjacent to an activating group) is 1. The first-order chi connectivity index (χ1) is 18.2. The molecule has 4 rings (SSSR count). The molecule has 2 aliphatic heterocycles. The normalized spacial score (nSPS) is 20.4. The van der Waals surface area contributed by atoms with E-state index < -0.39 is 17.8 Å². The molecule has 0 radical (unpaired) electrons. The van der Waals surface area contributed by atoms with Gasteiger partial charge in [-0.2, -0.15) is 0 Å². The van der Waals surface area contributed by atoms with Crippen LogP contribution in [0.4, 0.5) is 9.18 Å². The van der Waals surface area contributed by atoms with Gasteiger partial charge < -0.3 is 15.0 Å². The number of carbonyl (C=O) groups is 3. The average molecular weight is 543 g/mol. The van der Waals surface area contributed by atoms with E-state index in [-0.39, 0.29) is 30.2 Å². The van der Waals surface area contributed by atoms with Gasteiger partial charge in [-0.05, 0) is 62.7 Å². The Morgan fingerprint density at radius 3 is 2.50 bits per heavy atom. The lowest BCUT2D eigenvalue weighted by Crippen LogP contribution is -2.56. The molecule has 38 heavy (non-hydrogen) atoms. The van der Waals surface area contributed by atoms with Crippen molar-refractivity contribution in [2.75, 3.05) is 39.3 Å². The van der Waals surface area contributed by atoms with Gasteiger partial charge in [0, 0.05) is 55.0 Å². The molecule has 0 saturated carbocycles. The molecule has 0 bridgehead atoms. The third-order valence-electron chi connectivity index (χ3n) is 6.87. The van der Waals surface area contributed by atoms with Crippen molar-refractivity contribution >= 4 is 29.5 Å². The molecule has 1 saturated heterocycles. The lowest BCUT2D eigenvalue weighted by atomic mass is 9.94. The number of esters is 1. The highest BCUT2D eigenvalue weighted by molar-refractivity contribution is 6.30. The minimum absolute atomic E-state index is 0.0707. The third kappa shape index (κ3) is 5.84. The van der Waals surface area contributed by atoms with Gasteiger partial charge in [0.25, 0.3) is 5.91 Å². The maximum Gasteiger partial charge on any atom is 0.338 e. The summed E-state index contributed by atoms with van der Waals surface area (Å²) in [6.07, 6.45) is 0. The summed E-state index contributed by atoms with van der Waals surface area (Å²) in [5.74, 6) is -1.09. The van der Waals surface area contributed by atoms with Crippen LogP contribution >= 0.6 is 11.6 Å². The second-order valence-electron chi connectivity index (χ2n) is 9.35. The summed E-state index contributed by atoms with van der Waals surface area (Å²) >= 11 is 5.97. The third-order valence-corrected chi connectivity index (χ3v) is 7.12. The number of benzene rings is 2. The molecule has 2 aliphatic rings. The van der Waals surface area contributed by atoms with Gasteiger partial charge >= 0.3 is 12.0 Å². The van der Waals surface area contributed by atoms with Gasteiger partial charge in [-0.1, -0.05) is 23.7 Å². The first kappa shape index (κ1) is 27.6. The highest BCUT2D eigenvalue weighted by Crippen LogP contribution is 2.32. The van der Waals surface area contributed by atoms with Crippen LogP contribution in [-0.4, -0.2) is 78.0 Å². The summed E-state index contributed by atoms with van der Waals surface area (Å²) in [4.78, 5) is 44.9. The predicted molar refractivity (Wildman–Crippen MR) is 142 cm³/mol. The number of amides is 3. The fraction of sp³-hybridized carbons (Fsp3) is 0.393. The molecule has 0 aliphatic carbocycles. The molecule has 10 heteroatoms. The smallest absolute Gasteiger partial charge is 0.338 e. The van der Waals surface area contributed by atoms with Gasteiger partial charge in [0.1, 0.15) is 5.82 Å². The molecule has 0 spiro atoms. The lowest BCUT2D eigenvalue weighted by Gasteiger charge is -2.43. The summed E-state index contributed by atoms with van der Waals surface area (Å²) in [5, 5.41) is 3.42. The molecule has 8 nitrogen and oxygen atoms in total. The SMILES string of the molecule is CCOC(=O)C1=C(CN2CCN(C(=O)c3ccc(Cl)cc3)[C@H](C)C2)N(CC)C(=O)N[C@H]1c1cccc(F)c1. The first-order valence-electron chi connectivity index (χ1n) is 12.8. The minimum atomic E-state index is -0.847. The van der Waals surface area contributed by atoms with E-state index in [4.69, 9.17) is 16.3 Å². The van der Waals surface area contributed by atoms with Crippen LogP contribution in [0.15, 0.2) is 59.8 Å². The highest BCUT2D eigenvalue weighted by Gasteiger charge is 2.39. The Morgan fingerprint density at radius 1 is 1.13 bits per heavy atom. The van der Waals surface area contributed by atoms with Crippen LogP contribution in [0.1, 0.15) is 42.7 Å². The van der Waals surface area contributed by atoms with Crippen molar-refractivity contribution in [2.24, 2.45) is 0 Å². The van der Waals surface area contributed by atoms with Crippen LogP contribution < -0.4 is 5.32 Å². The Bertz CT molecular complexity index is 1240. The van der Waals surface area contributed by atoms with Crippen LogP contribution in [0, 0.1) is 5.82 Å². The number of hydrogen-bond acceptors (Lipinski definition) is 5. The van der Waals surface area contributed by atoms with E-state index in [0.29, 0.717) is 54.6 Å². The topological polar surface area (TPSA) is 82.2 Å². The zero-order valence-corrected chi connectivity index (χ0v) is 22.5. The van der Waals surface area contributed by atoms with Crippen molar-refractivity contribution in [3.8, 4) is 0 Å². The van der Waals surface area contributed by atoms with E-state index >= 15 is 0 Å². The van der Waals surface area contributed by atoms with E-state index in [0.717, 1.165) is 0 Å². The molecule has 2 heterocycles. The molecule has 0 aromatic heterocycles. The molecule has 1 fully saturated rings. The van der Waals surface area contributed by atoms with Crippen LogP contribution in [0.5, 0.6) is 0 Å². The Hall–Kier alpha value is -3.43. The molecular formula is C28H32ClFN4O4. The van der Waals surface area contributed by atoms with Crippen LogP contribution in [0.3, 0.4) is 0 Å². The molecule has 1 N–H and O–H groups in total. The molecule has 202 valence electrons. The number of nitrogens with one attached hydrogen (secondary N) is 1. The van der Waals surface area contributed by atoms with Gasteiger partial charge in [-0.15, -0.1) is 0 Å². The monoisotopic (exact) mass is 542 g/mol. The van der Waals surface area contributed by atoms with Crippen LogP contribution in [0.2, 0.25) is 5.02 Å². The quantitative estimate of drug-likeness (QED) is 0.530. The summed E-state index contributed by atoms with van der Waals surface area (Å²) in [5.41, 5.74) is 1.84. The fourth-order valence-electron chi connectivity index (χ4n) is 5.04. The van der Waals surface area contributed by atoms with E-state index in [2.05, 4.69) is 10.2 Å². The molecule has 2 aromatic rings. The molecule has 2 atom stereocenters. The zero-order chi connectivity index (χ0) is 27.4. The average Bonchev–Trinajstić information content (AvgIpc) is 2.89. The van der Waals surface area contributed by atoms with Crippen LogP contribution in [0.25, 0.3) is 0 Å². The molecule has 3 amide bonds. The first-order valence-corrected chi connectivity index (χ1v) is 13.1. The summed E-state index contributed by atoms with van der Waals surface area (Å²) in [7, 11) is 0. The standard InChI is InChI=1S/C28H32ClFN4O4/c1-4-33-23(17-32-13-14-34(18(3)16-32)26(35)19-9-11-21(29)12-10-19)24(27(36)38-5-2)25(31-28(33)37)20-7-6-8-22(30)15-20/h6-12,15,18,25H,4-5,13-14,16-17H2,1-3H3,(H,31,37)/t18-,25+/m1/s1. The van der Waals surface area contributed by atoms with E-state index in [1.54, 1.807) is 43.3 Å². The number of hydrogen-bond donors (Lipinski definition) is 1. The summed E-state index contributed by atoms with van der Waals surface area (Å²) < 4.78 is 19.5. The summed E-state index contributed by atoms with van der Waals surface area (Å²) in [6.45, 7) is 7.89. The lowest BCUT2D eigenvalue weighted by molar-refractivity contribution is -0.139. The number of ether oxygens (including phenoxy) is 1. The fourth-order valence-corrected chi connectivity index (χ4v) is 5.17. The molecule has 2 aromatic carbocycles. The van der Waals surface area contributed by atoms with Crippen molar-refractivity contribution in [1.29, 1.82) is 0 Å². The molecule has 0 unspecified atom stereocenters. The second kappa shape index (κ2) is 12.0. The number of halogens is 2. The van der Waals surface area contributed by atoms with Crippen molar-refractivity contribution in [3.05, 3.63) is 81.8 Å². The van der Waals surface area contributed by atoms with Crippen molar-refractivity contribution in [2.45, 2.75) is 32.9 Å². The van der Waals surface area contributed by atoms with Gasteiger partial charge in [0.15, 0.2) is 0 Å². The largest absolute Gasteiger partial charge is 0.463 e. The maximum absolute atomic E-state index is 14.1.